The number of nitrogens with one attached hydrogen (secondary N) is 1. The van der Waals surface area contributed by atoms with Crippen molar-refractivity contribution in [3.05, 3.63) is 102 Å². The second-order valence-corrected chi connectivity index (χ2v) is 7.38. The van der Waals surface area contributed by atoms with Gasteiger partial charge in [0.05, 0.1) is 11.9 Å². The summed E-state index contributed by atoms with van der Waals surface area (Å²) in [5.41, 5.74) is 3.37. The first-order valence-electron chi connectivity index (χ1n) is 9.49. The number of benzene rings is 3. The Morgan fingerprint density at radius 1 is 0.964 bits per heavy atom. The molecule has 3 aromatic carbocycles. The molecule has 142 valence electrons. The van der Waals surface area contributed by atoms with Crippen molar-refractivity contribution in [3.8, 4) is 0 Å². The van der Waals surface area contributed by atoms with E-state index in [9.17, 15) is 0 Å². The summed E-state index contributed by atoms with van der Waals surface area (Å²) in [4.78, 5) is 8.15. The van der Waals surface area contributed by atoms with Gasteiger partial charge in [0.1, 0.15) is 11.9 Å². The first-order chi connectivity index (χ1) is 13.8. The SMILES string of the molecule is CO[C@@H](c1ccc2ccccc2c1)c1cnc([C@H](CS)Cc2ccccc2)[nH]1. The molecule has 0 amide bonds. The van der Waals surface area contributed by atoms with Crippen LogP contribution in [0.5, 0.6) is 0 Å². The van der Waals surface area contributed by atoms with Crippen LogP contribution in [0.1, 0.15) is 34.7 Å². The number of ether oxygens (including phenoxy) is 1. The molecule has 4 rings (SSSR count). The van der Waals surface area contributed by atoms with Crippen LogP contribution in [0.4, 0.5) is 0 Å². The van der Waals surface area contributed by atoms with Crippen LogP contribution in [0.25, 0.3) is 10.8 Å². The molecule has 0 unspecified atom stereocenters. The van der Waals surface area contributed by atoms with Gasteiger partial charge >= 0.3 is 0 Å². The predicted molar refractivity (Wildman–Crippen MR) is 118 cm³/mol. The van der Waals surface area contributed by atoms with E-state index >= 15 is 0 Å². The third-order valence-electron chi connectivity index (χ3n) is 5.14. The van der Waals surface area contributed by atoms with Crippen LogP contribution in [0.3, 0.4) is 0 Å². The summed E-state index contributed by atoms with van der Waals surface area (Å²) in [6, 6.07) is 25.3. The second-order valence-electron chi connectivity index (χ2n) is 7.02. The Kier molecular flexibility index (Phi) is 5.79. The summed E-state index contributed by atoms with van der Waals surface area (Å²) in [6.07, 6.45) is 2.62. The normalized spacial score (nSPS) is 13.5. The average Bonchev–Trinajstić information content (AvgIpc) is 3.23. The fourth-order valence-corrected chi connectivity index (χ4v) is 3.95. The molecule has 1 aromatic heterocycles. The summed E-state index contributed by atoms with van der Waals surface area (Å²) in [5.74, 6) is 1.92. The number of fused-ring (bicyclic) bond motifs is 1. The molecule has 4 heteroatoms. The lowest BCUT2D eigenvalue weighted by Gasteiger charge is -2.16. The Morgan fingerprint density at radius 3 is 2.46 bits per heavy atom. The predicted octanol–water partition coefficient (Wildman–Crippen LogP) is 5.55. The second kappa shape index (κ2) is 8.63. The van der Waals surface area contributed by atoms with E-state index in [1.54, 1.807) is 7.11 Å². The smallest absolute Gasteiger partial charge is 0.123 e. The van der Waals surface area contributed by atoms with Crippen LogP contribution in [0, 0.1) is 0 Å². The quantitative estimate of drug-likeness (QED) is 0.407. The molecule has 0 aliphatic carbocycles. The van der Waals surface area contributed by atoms with Gasteiger partial charge in [0, 0.05) is 18.8 Å². The van der Waals surface area contributed by atoms with Gasteiger partial charge in [0.2, 0.25) is 0 Å². The molecule has 0 bridgehead atoms. The van der Waals surface area contributed by atoms with Gasteiger partial charge in [-0.3, -0.25) is 0 Å². The summed E-state index contributed by atoms with van der Waals surface area (Å²) in [7, 11) is 1.74. The Labute approximate surface area is 171 Å². The van der Waals surface area contributed by atoms with Crippen molar-refractivity contribution < 1.29 is 4.74 Å². The minimum atomic E-state index is -0.178. The maximum atomic E-state index is 5.83. The number of aromatic nitrogens is 2. The molecule has 2 atom stereocenters. The molecule has 3 nitrogen and oxygen atoms in total. The maximum absolute atomic E-state index is 5.83. The summed E-state index contributed by atoms with van der Waals surface area (Å²) in [6.45, 7) is 0. The zero-order valence-electron chi connectivity index (χ0n) is 15.9. The Bertz CT molecular complexity index is 1040. The van der Waals surface area contributed by atoms with Gasteiger partial charge in [-0.1, -0.05) is 66.7 Å². The third kappa shape index (κ3) is 3.98. The van der Waals surface area contributed by atoms with Crippen molar-refractivity contribution in [2.45, 2.75) is 18.4 Å². The largest absolute Gasteiger partial charge is 0.370 e. The lowest BCUT2D eigenvalue weighted by Crippen LogP contribution is -2.08. The standard InChI is InChI=1S/C24H24N2OS/c1-27-23(20-12-11-18-9-5-6-10-19(18)14-20)22-15-25-24(26-22)21(16-28)13-17-7-3-2-4-8-17/h2-12,14-15,21,23,28H,13,16H2,1H3,(H,25,26)/t21-,23-/m0/s1. The molecule has 0 saturated carbocycles. The number of thiol groups is 1. The van der Waals surface area contributed by atoms with Crippen molar-refractivity contribution in [3.63, 3.8) is 0 Å². The van der Waals surface area contributed by atoms with E-state index in [2.05, 4.69) is 89.3 Å². The number of hydrogen-bond acceptors (Lipinski definition) is 3. The van der Waals surface area contributed by atoms with Crippen LogP contribution in [0.2, 0.25) is 0 Å². The zero-order valence-corrected chi connectivity index (χ0v) is 16.8. The van der Waals surface area contributed by atoms with Gasteiger partial charge in [-0.25, -0.2) is 4.98 Å². The number of nitrogens with zero attached hydrogens (tertiary/aromatic N) is 1. The fraction of sp³-hybridized carbons (Fsp3) is 0.208. The molecular weight excluding hydrogens is 364 g/mol. The summed E-state index contributed by atoms with van der Waals surface area (Å²) >= 11 is 4.56. The highest BCUT2D eigenvalue weighted by molar-refractivity contribution is 7.80. The highest BCUT2D eigenvalue weighted by Crippen LogP contribution is 2.29. The average molecular weight is 389 g/mol. The van der Waals surface area contributed by atoms with E-state index in [0.717, 1.165) is 29.3 Å². The Hall–Kier alpha value is -2.56. The molecule has 1 N–H and O–H groups in total. The molecule has 4 aromatic rings. The molecule has 1 heterocycles. The highest BCUT2D eigenvalue weighted by atomic mass is 32.1. The highest BCUT2D eigenvalue weighted by Gasteiger charge is 2.20. The number of methoxy groups -OCH3 is 1. The van der Waals surface area contributed by atoms with Crippen LogP contribution in [-0.4, -0.2) is 22.8 Å². The number of aromatic amines is 1. The van der Waals surface area contributed by atoms with Gasteiger partial charge in [0.15, 0.2) is 0 Å². The molecule has 0 radical (unpaired) electrons. The van der Waals surface area contributed by atoms with Crippen LogP contribution < -0.4 is 0 Å². The van der Waals surface area contributed by atoms with Crippen LogP contribution >= 0.6 is 12.6 Å². The van der Waals surface area contributed by atoms with Gasteiger partial charge in [-0.2, -0.15) is 12.6 Å². The van der Waals surface area contributed by atoms with Crippen molar-refractivity contribution in [1.29, 1.82) is 0 Å². The monoisotopic (exact) mass is 388 g/mol. The first kappa shape index (κ1) is 18.8. The molecule has 0 aliphatic heterocycles. The number of hydrogen-bond donors (Lipinski definition) is 2. The van der Waals surface area contributed by atoms with Crippen molar-refractivity contribution in [2.75, 3.05) is 12.9 Å². The minimum absolute atomic E-state index is 0.178. The fourth-order valence-electron chi connectivity index (χ4n) is 3.65. The van der Waals surface area contributed by atoms with E-state index in [4.69, 9.17) is 4.74 Å². The van der Waals surface area contributed by atoms with Crippen molar-refractivity contribution >= 4 is 23.4 Å². The van der Waals surface area contributed by atoms with Crippen molar-refractivity contribution in [2.24, 2.45) is 0 Å². The molecule has 28 heavy (non-hydrogen) atoms. The maximum Gasteiger partial charge on any atom is 0.123 e. The van der Waals surface area contributed by atoms with Crippen LogP contribution in [0.15, 0.2) is 79.0 Å². The topological polar surface area (TPSA) is 37.9 Å². The number of rotatable bonds is 7. The van der Waals surface area contributed by atoms with Gasteiger partial charge in [-0.15, -0.1) is 0 Å². The lowest BCUT2D eigenvalue weighted by molar-refractivity contribution is 0.133. The zero-order chi connectivity index (χ0) is 19.3. The van der Waals surface area contributed by atoms with E-state index < -0.39 is 0 Å². The first-order valence-corrected chi connectivity index (χ1v) is 10.1. The third-order valence-corrected chi connectivity index (χ3v) is 5.58. The van der Waals surface area contributed by atoms with Gasteiger partial charge in [-0.05, 0) is 34.4 Å². The number of imidazole rings is 1. The van der Waals surface area contributed by atoms with E-state index in [0.29, 0.717) is 0 Å². The van der Waals surface area contributed by atoms with Crippen molar-refractivity contribution in [1.82, 2.24) is 9.97 Å². The van der Waals surface area contributed by atoms with Gasteiger partial charge < -0.3 is 9.72 Å². The van der Waals surface area contributed by atoms with E-state index in [1.807, 2.05) is 12.3 Å². The lowest BCUT2D eigenvalue weighted by atomic mass is 10.0. The van der Waals surface area contributed by atoms with E-state index in [1.165, 1.54) is 16.3 Å². The molecule has 0 saturated heterocycles. The van der Waals surface area contributed by atoms with Gasteiger partial charge in [0.25, 0.3) is 0 Å². The minimum Gasteiger partial charge on any atom is -0.370 e. The Balaban J connectivity index is 1.60. The molecule has 0 spiro atoms. The number of H-pyrrole nitrogens is 1. The Morgan fingerprint density at radius 2 is 1.71 bits per heavy atom. The van der Waals surface area contributed by atoms with E-state index in [-0.39, 0.29) is 12.0 Å². The van der Waals surface area contributed by atoms with Crippen LogP contribution in [-0.2, 0) is 11.2 Å². The summed E-state index contributed by atoms with van der Waals surface area (Å²) < 4.78 is 5.83. The summed E-state index contributed by atoms with van der Waals surface area (Å²) in [5, 5.41) is 2.43. The molecule has 0 fully saturated rings. The molecular formula is C24H24N2OS. The molecule has 0 aliphatic rings.